The Morgan fingerprint density at radius 2 is 1.86 bits per heavy atom. The zero-order chi connectivity index (χ0) is 20.4. The van der Waals surface area contributed by atoms with Crippen molar-refractivity contribution < 1.29 is 26.3 Å². The number of hydrogen-bond acceptors (Lipinski definition) is 4. The van der Waals surface area contributed by atoms with Gasteiger partial charge in [-0.25, -0.2) is 8.42 Å². The molecule has 0 spiro atoms. The van der Waals surface area contributed by atoms with Crippen molar-refractivity contribution in [2.45, 2.75) is 23.9 Å². The topological polar surface area (TPSA) is 59.5 Å². The van der Waals surface area contributed by atoms with Crippen LogP contribution in [0.3, 0.4) is 0 Å². The number of aromatic nitrogens is 1. The molecule has 0 N–H and O–H groups in total. The zero-order valence-corrected chi connectivity index (χ0v) is 16.3. The van der Waals surface area contributed by atoms with Crippen molar-refractivity contribution in [1.29, 1.82) is 0 Å². The summed E-state index contributed by atoms with van der Waals surface area (Å²) in [4.78, 5) is 3.16. The minimum Gasteiger partial charge on any atom is -0.492 e. The SMILES string of the molecule is O=S(=O)(c1ccccc1C(F)(F)F)N1CCC(COc2ccncc2Cl)CC1. The summed E-state index contributed by atoms with van der Waals surface area (Å²) in [6.07, 6.45) is -0.759. The van der Waals surface area contributed by atoms with Gasteiger partial charge in [0.05, 0.1) is 17.1 Å². The Morgan fingerprint density at radius 3 is 2.50 bits per heavy atom. The van der Waals surface area contributed by atoms with Gasteiger partial charge in [-0.2, -0.15) is 17.5 Å². The Kier molecular flexibility index (Phi) is 6.16. The Hall–Kier alpha value is -1.84. The molecule has 0 saturated carbocycles. The fraction of sp³-hybridized carbons (Fsp3) is 0.389. The lowest BCUT2D eigenvalue weighted by molar-refractivity contribution is -0.139. The number of piperidine rings is 1. The first-order valence-electron chi connectivity index (χ1n) is 8.58. The molecule has 1 aliphatic rings. The van der Waals surface area contributed by atoms with Crippen molar-refractivity contribution in [1.82, 2.24) is 9.29 Å². The summed E-state index contributed by atoms with van der Waals surface area (Å²) < 4.78 is 71.8. The zero-order valence-electron chi connectivity index (χ0n) is 14.7. The molecule has 1 saturated heterocycles. The van der Waals surface area contributed by atoms with Crippen LogP contribution in [0, 0.1) is 5.92 Å². The van der Waals surface area contributed by atoms with E-state index in [2.05, 4.69) is 4.98 Å². The van der Waals surface area contributed by atoms with Crippen LogP contribution in [0.5, 0.6) is 5.75 Å². The van der Waals surface area contributed by atoms with E-state index >= 15 is 0 Å². The van der Waals surface area contributed by atoms with Crippen LogP contribution in [0.15, 0.2) is 47.6 Å². The highest BCUT2D eigenvalue weighted by Crippen LogP contribution is 2.36. The largest absolute Gasteiger partial charge is 0.492 e. The lowest BCUT2D eigenvalue weighted by Crippen LogP contribution is -2.40. The number of benzene rings is 1. The highest BCUT2D eigenvalue weighted by atomic mass is 35.5. The molecule has 0 atom stereocenters. The molecule has 28 heavy (non-hydrogen) atoms. The minimum absolute atomic E-state index is 0.0774. The first-order chi connectivity index (χ1) is 13.2. The maximum atomic E-state index is 13.2. The molecule has 152 valence electrons. The average molecular weight is 435 g/mol. The van der Waals surface area contributed by atoms with E-state index in [1.807, 2.05) is 0 Å². The predicted octanol–water partition coefficient (Wildman–Crippen LogP) is 4.23. The van der Waals surface area contributed by atoms with E-state index in [9.17, 15) is 21.6 Å². The summed E-state index contributed by atoms with van der Waals surface area (Å²) in [6.45, 7) is 0.607. The highest BCUT2D eigenvalue weighted by Gasteiger charge is 2.39. The van der Waals surface area contributed by atoms with Crippen LogP contribution < -0.4 is 4.74 Å². The first kappa shape index (κ1) is 20.9. The third-order valence-electron chi connectivity index (χ3n) is 4.59. The van der Waals surface area contributed by atoms with Gasteiger partial charge in [0.1, 0.15) is 10.8 Å². The number of halogens is 4. The van der Waals surface area contributed by atoms with Gasteiger partial charge in [0.25, 0.3) is 0 Å². The summed E-state index contributed by atoms with van der Waals surface area (Å²) >= 11 is 5.98. The quantitative estimate of drug-likeness (QED) is 0.706. The van der Waals surface area contributed by atoms with Gasteiger partial charge in [-0.05, 0) is 30.9 Å². The maximum absolute atomic E-state index is 13.2. The summed E-state index contributed by atoms with van der Waals surface area (Å²) in [5.41, 5.74) is -1.15. The molecule has 3 rings (SSSR count). The summed E-state index contributed by atoms with van der Waals surface area (Å²) in [5, 5.41) is 0.381. The number of pyridine rings is 1. The molecule has 2 heterocycles. The molecule has 0 radical (unpaired) electrons. The Balaban J connectivity index is 1.65. The highest BCUT2D eigenvalue weighted by molar-refractivity contribution is 7.89. The fourth-order valence-electron chi connectivity index (χ4n) is 3.07. The second-order valence-electron chi connectivity index (χ2n) is 6.46. The Morgan fingerprint density at radius 1 is 1.18 bits per heavy atom. The molecular weight excluding hydrogens is 417 g/mol. The Bertz CT molecular complexity index is 930. The second-order valence-corrected chi connectivity index (χ2v) is 8.77. The number of alkyl halides is 3. The third kappa shape index (κ3) is 4.59. The molecule has 1 aromatic heterocycles. The fourth-order valence-corrected chi connectivity index (χ4v) is 4.92. The minimum atomic E-state index is -4.74. The molecule has 0 aliphatic carbocycles. The number of sulfonamides is 1. The lowest BCUT2D eigenvalue weighted by atomic mass is 9.99. The van der Waals surface area contributed by atoms with Crippen molar-refractivity contribution >= 4 is 21.6 Å². The van der Waals surface area contributed by atoms with Crippen LogP contribution in [0.4, 0.5) is 13.2 Å². The molecular formula is C18H18ClF3N2O3S. The number of nitrogens with zero attached hydrogens (tertiary/aromatic N) is 2. The van der Waals surface area contributed by atoms with Gasteiger partial charge in [0.2, 0.25) is 10.0 Å². The van der Waals surface area contributed by atoms with Crippen LogP contribution in [0.1, 0.15) is 18.4 Å². The molecule has 5 nitrogen and oxygen atoms in total. The van der Waals surface area contributed by atoms with Gasteiger partial charge in [0, 0.05) is 31.5 Å². The van der Waals surface area contributed by atoms with Crippen LogP contribution in [-0.4, -0.2) is 37.4 Å². The van der Waals surface area contributed by atoms with Crippen molar-refractivity contribution in [3.05, 3.63) is 53.3 Å². The maximum Gasteiger partial charge on any atom is 0.417 e. The molecule has 0 unspecified atom stereocenters. The smallest absolute Gasteiger partial charge is 0.417 e. The van der Waals surface area contributed by atoms with E-state index in [0.717, 1.165) is 16.4 Å². The number of rotatable bonds is 5. The Labute approximate surface area is 166 Å². The molecule has 1 fully saturated rings. The lowest BCUT2D eigenvalue weighted by Gasteiger charge is -2.31. The number of ether oxygens (including phenoxy) is 1. The molecule has 0 bridgehead atoms. The van der Waals surface area contributed by atoms with Crippen molar-refractivity contribution in [3.63, 3.8) is 0 Å². The number of hydrogen-bond donors (Lipinski definition) is 0. The molecule has 0 amide bonds. The van der Waals surface area contributed by atoms with Crippen molar-refractivity contribution in [3.8, 4) is 5.75 Å². The molecule has 1 aromatic carbocycles. The van der Waals surface area contributed by atoms with Gasteiger partial charge in [-0.3, -0.25) is 4.98 Å². The third-order valence-corrected chi connectivity index (χ3v) is 6.83. The van der Waals surface area contributed by atoms with Gasteiger partial charge < -0.3 is 4.74 Å². The van der Waals surface area contributed by atoms with E-state index in [4.69, 9.17) is 16.3 Å². The second kappa shape index (κ2) is 8.26. The molecule has 2 aromatic rings. The van der Waals surface area contributed by atoms with E-state index < -0.39 is 26.7 Å². The predicted molar refractivity (Wildman–Crippen MR) is 97.7 cm³/mol. The van der Waals surface area contributed by atoms with Gasteiger partial charge in [-0.15, -0.1) is 0 Å². The van der Waals surface area contributed by atoms with E-state index in [0.29, 0.717) is 30.2 Å². The summed E-state index contributed by atoms with van der Waals surface area (Å²) in [5.74, 6) is 0.569. The standard InChI is InChI=1S/C18H18ClF3N2O3S/c19-15-11-23-8-5-16(15)27-12-13-6-9-24(10-7-13)28(25,26)17-4-2-1-3-14(17)18(20,21)22/h1-5,8,11,13H,6-7,9-10,12H2. The first-order valence-corrected chi connectivity index (χ1v) is 10.4. The van der Waals surface area contributed by atoms with Crippen LogP contribution >= 0.6 is 11.6 Å². The van der Waals surface area contributed by atoms with Crippen molar-refractivity contribution in [2.75, 3.05) is 19.7 Å². The normalized spacial score (nSPS) is 16.9. The average Bonchev–Trinajstić information content (AvgIpc) is 2.67. The van der Waals surface area contributed by atoms with Crippen LogP contribution in [0.25, 0.3) is 0 Å². The van der Waals surface area contributed by atoms with E-state index in [-0.39, 0.29) is 19.0 Å². The molecule has 10 heteroatoms. The van der Waals surface area contributed by atoms with Gasteiger partial charge >= 0.3 is 6.18 Å². The van der Waals surface area contributed by atoms with Gasteiger partial charge in [-0.1, -0.05) is 23.7 Å². The van der Waals surface area contributed by atoms with Crippen LogP contribution in [-0.2, 0) is 16.2 Å². The summed E-state index contributed by atoms with van der Waals surface area (Å²) in [6, 6.07) is 5.89. The van der Waals surface area contributed by atoms with Gasteiger partial charge in [0.15, 0.2) is 0 Å². The van der Waals surface area contributed by atoms with E-state index in [1.54, 1.807) is 12.3 Å². The van der Waals surface area contributed by atoms with Crippen molar-refractivity contribution in [2.24, 2.45) is 5.92 Å². The van der Waals surface area contributed by atoms with E-state index in [1.165, 1.54) is 18.3 Å². The summed E-state index contributed by atoms with van der Waals surface area (Å²) in [7, 11) is -4.23. The monoisotopic (exact) mass is 434 g/mol. The molecule has 1 aliphatic heterocycles. The van der Waals surface area contributed by atoms with Crippen LogP contribution in [0.2, 0.25) is 5.02 Å².